The molecule has 2 aliphatic carbocycles. The number of esters is 1. The number of fused-ring (bicyclic) bond motifs is 1. The van der Waals surface area contributed by atoms with Crippen LogP contribution in [0.4, 0.5) is 0 Å². The number of rotatable bonds is 13. The topological polar surface area (TPSA) is 87.4 Å². The Balaban J connectivity index is 2.45. The van der Waals surface area contributed by atoms with Crippen LogP contribution in [0, 0.1) is 50.2 Å². The van der Waals surface area contributed by atoms with E-state index in [-0.39, 0.29) is 56.4 Å². The molecule has 41 heavy (non-hydrogen) atoms. The second-order valence-corrected chi connectivity index (χ2v) is 15.7. The Morgan fingerprint density at radius 1 is 1.07 bits per heavy atom. The van der Waals surface area contributed by atoms with Gasteiger partial charge >= 0.3 is 5.97 Å². The average Bonchev–Trinajstić information content (AvgIpc) is 2.89. The number of ketones is 1. The summed E-state index contributed by atoms with van der Waals surface area (Å²) in [6.07, 6.45) is 11.9. The van der Waals surface area contributed by atoms with Crippen molar-refractivity contribution in [1.29, 1.82) is 5.26 Å². The summed E-state index contributed by atoms with van der Waals surface area (Å²) in [5, 5.41) is 20.7. The lowest BCUT2D eigenvalue weighted by Crippen LogP contribution is -2.52. The van der Waals surface area contributed by atoms with Crippen LogP contribution in [0.1, 0.15) is 140 Å². The van der Waals surface area contributed by atoms with Gasteiger partial charge < -0.3 is 9.84 Å². The normalized spacial score (nSPS) is 29.5. The minimum Gasteiger partial charge on any atom is -0.511 e. The SMILES string of the molecule is CCCC(C)(C)CC[C@](C)(CCC(=O)OC)CCC(C)(C)[C@]1(C)CC[C@H]2[C@H](C)C(O)=C(C#N)C[C@]2(C)/C1=C/C(C)=O. The fraction of sp³-hybridized carbons (Fsp3) is 0.806. The Morgan fingerprint density at radius 3 is 2.22 bits per heavy atom. The summed E-state index contributed by atoms with van der Waals surface area (Å²) in [5.41, 5.74) is 1.12. The summed E-state index contributed by atoms with van der Waals surface area (Å²) >= 11 is 0. The Labute approximate surface area is 251 Å². The number of ether oxygens (including phenoxy) is 1. The lowest BCUT2D eigenvalue weighted by molar-refractivity contribution is -0.141. The van der Waals surface area contributed by atoms with Crippen molar-refractivity contribution in [1.82, 2.24) is 0 Å². The second-order valence-electron chi connectivity index (χ2n) is 15.7. The van der Waals surface area contributed by atoms with Crippen molar-refractivity contribution >= 4 is 11.8 Å². The fourth-order valence-corrected chi connectivity index (χ4v) is 8.22. The molecule has 5 nitrogen and oxygen atoms in total. The molecule has 2 rings (SSSR count). The van der Waals surface area contributed by atoms with Crippen LogP contribution in [0.25, 0.3) is 0 Å². The number of aliphatic hydroxyl groups is 1. The summed E-state index contributed by atoms with van der Waals surface area (Å²) < 4.78 is 5.01. The third-order valence-electron chi connectivity index (χ3n) is 11.7. The zero-order valence-electron chi connectivity index (χ0n) is 28.1. The summed E-state index contributed by atoms with van der Waals surface area (Å²) in [5.74, 6) is 0.186. The average molecular weight is 570 g/mol. The smallest absolute Gasteiger partial charge is 0.305 e. The molecular formula is C36H59NO4. The van der Waals surface area contributed by atoms with Gasteiger partial charge in [-0.3, -0.25) is 9.59 Å². The van der Waals surface area contributed by atoms with Gasteiger partial charge in [-0.05, 0) is 104 Å². The zero-order valence-corrected chi connectivity index (χ0v) is 28.1. The van der Waals surface area contributed by atoms with Gasteiger partial charge in [0, 0.05) is 12.3 Å². The molecule has 232 valence electrons. The molecule has 0 bridgehead atoms. The molecular weight excluding hydrogens is 510 g/mol. The van der Waals surface area contributed by atoms with Crippen LogP contribution < -0.4 is 0 Å². The molecule has 0 spiro atoms. The number of hydrogen-bond donors (Lipinski definition) is 1. The third kappa shape index (κ3) is 7.66. The first-order valence-corrected chi connectivity index (χ1v) is 15.9. The summed E-state index contributed by atoms with van der Waals surface area (Å²) in [4.78, 5) is 24.9. The van der Waals surface area contributed by atoms with Crippen LogP contribution in [-0.4, -0.2) is 24.0 Å². The van der Waals surface area contributed by atoms with E-state index in [9.17, 15) is 20.0 Å². The number of carbonyl (C=O) groups is 2. The lowest BCUT2D eigenvalue weighted by atomic mass is 9.43. The van der Waals surface area contributed by atoms with E-state index in [1.54, 1.807) is 6.92 Å². The first-order chi connectivity index (χ1) is 18.8. The Morgan fingerprint density at radius 2 is 1.68 bits per heavy atom. The van der Waals surface area contributed by atoms with Gasteiger partial charge in [0.2, 0.25) is 0 Å². The van der Waals surface area contributed by atoms with Crippen molar-refractivity contribution in [2.75, 3.05) is 7.11 Å². The maximum Gasteiger partial charge on any atom is 0.305 e. The van der Waals surface area contributed by atoms with Crippen molar-refractivity contribution < 1.29 is 19.4 Å². The number of nitrogens with zero attached hydrogens (tertiary/aromatic N) is 1. The number of aliphatic hydroxyl groups excluding tert-OH is 1. The monoisotopic (exact) mass is 569 g/mol. The quantitative estimate of drug-likeness (QED) is 0.176. The number of allylic oxidation sites excluding steroid dienone is 4. The maximum absolute atomic E-state index is 12.7. The Kier molecular flexibility index (Phi) is 11.2. The summed E-state index contributed by atoms with van der Waals surface area (Å²) in [6.45, 7) is 22.2. The van der Waals surface area contributed by atoms with E-state index in [0.717, 1.165) is 50.5 Å². The molecule has 0 saturated heterocycles. The van der Waals surface area contributed by atoms with E-state index in [4.69, 9.17) is 4.74 Å². The highest BCUT2D eigenvalue weighted by atomic mass is 16.5. The first-order valence-electron chi connectivity index (χ1n) is 15.9. The molecule has 1 saturated carbocycles. The van der Waals surface area contributed by atoms with Crippen LogP contribution >= 0.6 is 0 Å². The lowest BCUT2D eigenvalue weighted by Gasteiger charge is -2.60. The van der Waals surface area contributed by atoms with E-state index >= 15 is 0 Å². The highest BCUT2D eigenvalue weighted by Gasteiger charge is 2.58. The van der Waals surface area contributed by atoms with Crippen molar-refractivity contribution in [2.45, 2.75) is 140 Å². The summed E-state index contributed by atoms with van der Waals surface area (Å²) in [6, 6.07) is 2.27. The molecule has 0 aliphatic heterocycles. The van der Waals surface area contributed by atoms with Crippen molar-refractivity contribution in [3.63, 3.8) is 0 Å². The van der Waals surface area contributed by atoms with Gasteiger partial charge in [-0.25, -0.2) is 0 Å². The van der Waals surface area contributed by atoms with Crippen molar-refractivity contribution in [2.24, 2.45) is 38.9 Å². The van der Waals surface area contributed by atoms with E-state index in [2.05, 4.69) is 61.5 Å². The van der Waals surface area contributed by atoms with Gasteiger partial charge in [-0.2, -0.15) is 5.26 Å². The van der Waals surface area contributed by atoms with Crippen LogP contribution in [0.3, 0.4) is 0 Å². The predicted molar refractivity (Wildman–Crippen MR) is 167 cm³/mol. The third-order valence-corrected chi connectivity index (χ3v) is 11.7. The van der Waals surface area contributed by atoms with Crippen molar-refractivity contribution in [3.05, 3.63) is 23.0 Å². The van der Waals surface area contributed by atoms with Gasteiger partial charge in [-0.1, -0.05) is 74.3 Å². The molecule has 0 unspecified atom stereocenters. The van der Waals surface area contributed by atoms with Crippen LogP contribution in [0.2, 0.25) is 0 Å². The van der Waals surface area contributed by atoms with E-state index in [1.807, 2.05) is 13.0 Å². The van der Waals surface area contributed by atoms with E-state index in [1.165, 1.54) is 20.0 Å². The predicted octanol–water partition coefficient (Wildman–Crippen LogP) is 9.67. The molecule has 0 aromatic rings. The largest absolute Gasteiger partial charge is 0.511 e. The molecule has 0 aromatic carbocycles. The van der Waals surface area contributed by atoms with Crippen molar-refractivity contribution in [3.8, 4) is 6.07 Å². The Bertz CT molecular complexity index is 1080. The van der Waals surface area contributed by atoms with Gasteiger partial charge in [0.15, 0.2) is 5.78 Å². The van der Waals surface area contributed by atoms with E-state index < -0.39 is 0 Å². The zero-order chi connectivity index (χ0) is 31.4. The standard InChI is InChI=1S/C36H59NO4/c1-12-15-32(4,5)18-20-34(8,16-14-30(39)41-11)21-19-33(6,7)36(10)17-13-28-26(3)31(40)27(24-37)23-35(28,9)29(36)22-25(2)38/h22,26,28,40H,12-21,23H2,1-11H3/b29-22-/t26-,28-,34-,35-,36+/m0/s1. The minimum absolute atomic E-state index is 0.000245. The number of hydrogen-bond acceptors (Lipinski definition) is 5. The van der Waals surface area contributed by atoms with Gasteiger partial charge in [0.25, 0.3) is 0 Å². The molecule has 0 radical (unpaired) electrons. The molecule has 1 N–H and O–H groups in total. The number of nitriles is 1. The molecule has 2 aliphatic rings. The van der Waals surface area contributed by atoms with Crippen LogP contribution in [0.5, 0.6) is 0 Å². The molecule has 0 heterocycles. The Hall–Kier alpha value is -2.09. The highest BCUT2D eigenvalue weighted by Crippen LogP contribution is 2.66. The van der Waals surface area contributed by atoms with Gasteiger partial charge in [-0.15, -0.1) is 0 Å². The maximum atomic E-state index is 12.7. The highest BCUT2D eigenvalue weighted by molar-refractivity contribution is 5.88. The summed E-state index contributed by atoms with van der Waals surface area (Å²) in [7, 11) is 1.46. The molecule has 5 heteroatoms. The van der Waals surface area contributed by atoms with Crippen LogP contribution in [-0.2, 0) is 14.3 Å². The minimum atomic E-state index is -0.370. The number of methoxy groups -OCH3 is 1. The van der Waals surface area contributed by atoms with Crippen LogP contribution in [0.15, 0.2) is 23.0 Å². The second kappa shape index (κ2) is 13.0. The molecule has 0 amide bonds. The molecule has 1 fully saturated rings. The number of carbonyl (C=O) groups excluding carboxylic acids is 2. The molecule has 5 atom stereocenters. The van der Waals surface area contributed by atoms with Gasteiger partial charge in [0.1, 0.15) is 5.76 Å². The van der Waals surface area contributed by atoms with E-state index in [0.29, 0.717) is 18.4 Å². The first kappa shape index (κ1) is 35.1. The molecule has 0 aromatic heterocycles. The van der Waals surface area contributed by atoms with Gasteiger partial charge in [0.05, 0.1) is 18.8 Å². The fourth-order valence-electron chi connectivity index (χ4n) is 8.22.